The Hall–Kier alpha value is -1.79. The predicted octanol–water partition coefficient (Wildman–Crippen LogP) is 1.47. The van der Waals surface area contributed by atoms with Gasteiger partial charge >= 0.3 is 6.03 Å². The van der Waals surface area contributed by atoms with Crippen LogP contribution in [-0.2, 0) is 5.41 Å². The molecule has 6 heteroatoms. The number of nitrogens with one attached hydrogen (secondary N) is 2. The number of hydrogen-bond donors (Lipinski definition) is 4. The van der Waals surface area contributed by atoms with Gasteiger partial charge in [-0.25, -0.2) is 4.79 Å². The zero-order chi connectivity index (χ0) is 16.0. The number of aliphatic hydroxyl groups is 2. The summed E-state index contributed by atoms with van der Waals surface area (Å²) >= 11 is 0. The number of carbonyl (C=O) groups is 1. The Morgan fingerprint density at radius 2 is 2.05 bits per heavy atom. The monoisotopic (exact) mass is 296 g/mol. The number of aliphatic hydroxyl groups excluding tert-OH is 2. The molecule has 0 fully saturated rings. The number of hydrogen-bond acceptors (Lipinski definition) is 4. The Kier molecular flexibility index (Phi) is 5.99. The normalized spacial score (nSPS) is 12.7. The quantitative estimate of drug-likeness (QED) is 0.662. The molecule has 1 atom stereocenters. The van der Waals surface area contributed by atoms with Crippen molar-refractivity contribution in [3.05, 3.63) is 23.8 Å². The number of benzene rings is 1. The van der Waals surface area contributed by atoms with Gasteiger partial charge in [-0.1, -0.05) is 26.8 Å². The number of anilines is 1. The molecule has 4 N–H and O–H groups in total. The van der Waals surface area contributed by atoms with Crippen LogP contribution in [0.25, 0.3) is 0 Å². The lowest BCUT2D eigenvalue weighted by Crippen LogP contribution is -2.36. The summed E-state index contributed by atoms with van der Waals surface area (Å²) in [5.74, 6) is 0.556. The van der Waals surface area contributed by atoms with E-state index in [1.54, 1.807) is 6.07 Å². The Balaban J connectivity index is 2.83. The van der Waals surface area contributed by atoms with Gasteiger partial charge in [0.15, 0.2) is 0 Å². The highest BCUT2D eigenvalue weighted by molar-refractivity contribution is 5.91. The van der Waals surface area contributed by atoms with Crippen molar-refractivity contribution in [1.29, 1.82) is 0 Å². The summed E-state index contributed by atoms with van der Waals surface area (Å²) in [7, 11) is 1.53. The lowest BCUT2D eigenvalue weighted by atomic mass is 9.87. The molecule has 0 aliphatic heterocycles. The van der Waals surface area contributed by atoms with Crippen molar-refractivity contribution in [1.82, 2.24) is 5.32 Å². The molecule has 0 aromatic heterocycles. The molecular formula is C15H24N2O4. The van der Waals surface area contributed by atoms with E-state index in [9.17, 15) is 9.90 Å². The van der Waals surface area contributed by atoms with Gasteiger partial charge < -0.3 is 25.6 Å². The van der Waals surface area contributed by atoms with E-state index >= 15 is 0 Å². The number of methoxy groups -OCH3 is 1. The van der Waals surface area contributed by atoms with E-state index < -0.39 is 18.7 Å². The lowest BCUT2D eigenvalue weighted by molar-refractivity contribution is 0.0965. The molecule has 1 aromatic rings. The minimum atomic E-state index is -0.974. The van der Waals surface area contributed by atoms with Gasteiger partial charge in [0.05, 0.1) is 25.5 Å². The molecule has 0 saturated heterocycles. The van der Waals surface area contributed by atoms with Crippen molar-refractivity contribution in [2.75, 3.05) is 25.6 Å². The fourth-order valence-corrected chi connectivity index (χ4v) is 1.71. The highest BCUT2D eigenvalue weighted by atomic mass is 16.5. The zero-order valence-electron chi connectivity index (χ0n) is 12.9. The average molecular weight is 296 g/mol. The first-order valence-electron chi connectivity index (χ1n) is 6.80. The molecule has 1 rings (SSSR count). The largest absolute Gasteiger partial charge is 0.495 e. The van der Waals surface area contributed by atoms with Crippen LogP contribution in [0.5, 0.6) is 5.75 Å². The van der Waals surface area contributed by atoms with Gasteiger partial charge in [0.25, 0.3) is 0 Å². The summed E-state index contributed by atoms with van der Waals surface area (Å²) in [5.41, 5.74) is 1.57. The van der Waals surface area contributed by atoms with Gasteiger partial charge in [0.2, 0.25) is 0 Å². The molecule has 0 saturated carbocycles. The minimum Gasteiger partial charge on any atom is -0.495 e. The molecule has 21 heavy (non-hydrogen) atoms. The van der Waals surface area contributed by atoms with Crippen LogP contribution >= 0.6 is 0 Å². The molecule has 0 radical (unpaired) electrons. The standard InChI is InChI=1S/C15H24N2O4/c1-15(2,3)10-5-6-13(21-4)12(7-10)17-14(20)16-8-11(19)9-18/h5-7,11,18-19H,8-9H2,1-4H3,(H2,16,17,20)/t11-/m0/s1. The molecule has 118 valence electrons. The maximum absolute atomic E-state index is 11.8. The van der Waals surface area contributed by atoms with Gasteiger partial charge in [-0.15, -0.1) is 0 Å². The van der Waals surface area contributed by atoms with Crippen molar-refractivity contribution in [2.45, 2.75) is 32.3 Å². The molecule has 0 spiro atoms. The molecule has 0 heterocycles. The number of urea groups is 1. The first kappa shape index (κ1) is 17.3. The smallest absolute Gasteiger partial charge is 0.319 e. The molecule has 2 amide bonds. The average Bonchev–Trinajstić information content (AvgIpc) is 2.43. The number of carbonyl (C=O) groups excluding carboxylic acids is 1. The molecule has 1 aromatic carbocycles. The van der Waals surface area contributed by atoms with Crippen molar-refractivity contribution in [3.63, 3.8) is 0 Å². The van der Waals surface area contributed by atoms with Crippen molar-refractivity contribution < 1.29 is 19.7 Å². The fourth-order valence-electron chi connectivity index (χ4n) is 1.71. The topological polar surface area (TPSA) is 90.8 Å². The second kappa shape index (κ2) is 7.28. The molecule has 0 bridgehead atoms. The van der Waals surface area contributed by atoms with Crippen molar-refractivity contribution in [3.8, 4) is 5.75 Å². The Labute approximate surface area is 125 Å². The van der Waals surface area contributed by atoms with Crippen molar-refractivity contribution in [2.24, 2.45) is 0 Å². The van der Waals surface area contributed by atoms with Crippen LogP contribution in [0.2, 0.25) is 0 Å². The molecule has 6 nitrogen and oxygen atoms in total. The van der Waals surface area contributed by atoms with Crippen LogP contribution in [0.15, 0.2) is 18.2 Å². The highest BCUT2D eigenvalue weighted by Gasteiger charge is 2.17. The van der Waals surface area contributed by atoms with Crippen LogP contribution in [0.1, 0.15) is 26.3 Å². The summed E-state index contributed by atoms with van der Waals surface area (Å²) in [6.45, 7) is 5.82. The lowest BCUT2D eigenvalue weighted by Gasteiger charge is -2.21. The summed E-state index contributed by atoms with van der Waals surface area (Å²) in [6.07, 6.45) is -0.974. The second-order valence-electron chi connectivity index (χ2n) is 5.84. The summed E-state index contributed by atoms with van der Waals surface area (Å²) in [5, 5.41) is 23.1. The maximum atomic E-state index is 11.8. The molecular weight excluding hydrogens is 272 g/mol. The Morgan fingerprint density at radius 3 is 2.57 bits per heavy atom. The van der Waals surface area contributed by atoms with Crippen LogP contribution in [-0.4, -0.2) is 42.6 Å². The SMILES string of the molecule is COc1ccc(C(C)(C)C)cc1NC(=O)NC[C@H](O)CO. The third kappa shape index (κ3) is 5.24. The second-order valence-corrected chi connectivity index (χ2v) is 5.84. The van der Waals surface area contributed by atoms with Crippen LogP contribution < -0.4 is 15.4 Å². The van der Waals surface area contributed by atoms with Crippen LogP contribution in [0, 0.1) is 0 Å². The molecule has 0 aliphatic rings. The van der Waals surface area contributed by atoms with E-state index in [1.165, 1.54) is 7.11 Å². The van der Waals surface area contributed by atoms with Crippen LogP contribution in [0.3, 0.4) is 0 Å². The van der Waals surface area contributed by atoms with E-state index in [0.717, 1.165) is 5.56 Å². The maximum Gasteiger partial charge on any atom is 0.319 e. The van der Waals surface area contributed by atoms with E-state index in [-0.39, 0.29) is 12.0 Å². The van der Waals surface area contributed by atoms with Gasteiger partial charge in [-0.05, 0) is 23.1 Å². The van der Waals surface area contributed by atoms with E-state index in [4.69, 9.17) is 9.84 Å². The van der Waals surface area contributed by atoms with Gasteiger partial charge in [0.1, 0.15) is 5.75 Å². The number of rotatable bonds is 5. The van der Waals surface area contributed by atoms with Crippen molar-refractivity contribution >= 4 is 11.7 Å². The van der Waals surface area contributed by atoms with Crippen LogP contribution in [0.4, 0.5) is 10.5 Å². The van der Waals surface area contributed by atoms with E-state index in [2.05, 4.69) is 31.4 Å². The molecule has 0 unspecified atom stereocenters. The fraction of sp³-hybridized carbons (Fsp3) is 0.533. The third-order valence-corrected chi connectivity index (χ3v) is 3.02. The summed E-state index contributed by atoms with van der Waals surface area (Å²) in [6, 6.07) is 5.16. The highest BCUT2D eigenvalue weighted by Crippen LogP contribution is 2.31. The number of amides is 2. The predicted molar refractivity (Wildman–Crippen MR) is 81.8 cm³/mol. The van der Waals surface area contributed by atoms with E-state index in [1.807, 2.05) is 12.1 Å². The van der Waals surface area contributed by atoms with Gasteiger partial charge in [0, 0.05) is 6.54 Å². The summed E-state index contributed by atoms with van der Waals surface area (Å²) in [4.78, 5) is 11.8. The first-order valence-corrected chi connectivity index (χ1v) is 6.80. The van der Waals surface area contributed by atoms with Gasteiger partial charge in [-0.2, -0.15) is 0 Å². The van der Waals surface area contributed by atoms with E-state index in [0.29, 0.717) is 11.4 Å². The third-order valence-electron chi connectivity index (χ3n) is 3.02. The summed E-state index contributed by atoms with van der Waals surface area (Å²) < 4.78 is 5.23. The molecule has 0 aliphatic carbocycles. The van der Waals surface area contributed by atoms with Gasteiger partial charge in [-0.3, -0.25) is 0 Å². The Bertz CT molecular complexity index is 483. The first-order chi connectivity index (χ1) is 9.77. The number of ether oxygens (including phenoxy) is 1. The Morgan fingerprint density at radius 1 is 1.38 bits per heavy atom. The zero-order valence-corrected chi connectivity index (χ0v) is 12.9. The minimum absolute atomic E-state index is 0.0242.